The molecule has 1 N–H and O–H groups in total. The number of likely N-dealkylation sites (N-methyl/N-ethyl adjacent to an activating group) is 1. The third-order valence-corrected chi connectivity index (χ3v) is 6.79. The van der Waals surface area contributed by atoms with Crippen molar-refractivity contribution in [2.45, 2.75) is 25.4 Å². The second-order valence-electron chi connectivity index (χ2n) is 8.23. The van der Waals surface area contributed by atoms with E-state index in [1.807, 2.05) is 42.5 Å². The molecule has 0 fully saturated rings. The van der Waals surface area contributed by atoms with Crippen LogP contribution in [0.2, 0.25) is 0 Å². The smallest absolute Gasteiger partial charge is 0.243 e. The highest BCUT2D eigenvalue weighted by molar-refractivity contribution is 7.88. The van der Waals surface area contributed by atoms with Gasteiger partial charge in [-0.1, -0.05) is 42.5 Å². The molecule has 0 aliphatic rings. The van der Waals surface area contributed by atoms with Gasteiger partial charge in [0.05, 0.1) is 19.9 Å². The zero-order valence-electron chi connectivity index (χ0n) is 20.8. The molecule has 2 amide bonds. The summed E-state index contributed by atoms with van der Waals surface area (Å²) in [4.78, 5) is 28.2. The Labute approximate surface area is 208 Å². The van der Waals surface area contributed by atoms with Crippen LogP contribution in [0, 0.1) is 0 Å². The number of ether oxygens (including phenoxy) is 2. The maximum absolute atomic E-state index is 13.4. The molecule has 0 aliphatic heterocycles. The number of nitrogens with zero attached hydrogens (tertiary/aromatic N) is 2. The molecule has 0 spiro atoms. The first kappa shape index (κ1) is 28.3. The average Bonchev–Trinajstić information content (AvgIpc) is 2.84. The van der Waals surface area contributed by atoms with Crippen LogP contribution in [0.25, 0.3) is 0 Å². The number of sulfonamides is 1. The molecule has 0 bridgehead atoms. The highest BCUT2D eigenvalue weighted by Crippen LogP contribution is 2.18. The predicted molar refractivity (Wildman–Crippen MR) is 134 cm³/mol. The zero-order valence-corrected chi connectivity index (χ0v) is 21.6. The van der Waals surface area contributed by atoms with Crippen molar-refractivity contribution in [2.24, 2.45) is 0 Å². The van der Waals surface area contributed by atoms with Crippen molar-refractivity contribution in [3.05, 3.63) is 65.7 Å². The maximum atomic E-state index is 13.4. The summed E-state index contributed by atoms with van der Waals surface area (Å²) in [6, 6.07) is 15.7. The van der Waals surface area contributed by atoms with Gasteiger partial charge in [-0.3, -0.25) is 9.59 Å². The minimum Gasteiger partial charge on any atom is -0.497 e. The van der Waals surface area contributed by atoms with Crippen LogP contribution < -0.4 is 10.1 Å². The van der Waals surface area contributed by atoms with Crippen molar-refractivity contribution >= 4 is 21.8 Å². The van der Waals surface area contributed by atoms with E-state index < -0.39 is 22.0 Å². The fourth-order valence-corrected chi connectivity index (χ4v) is 3.77. The lowest BCUT2D eigenvalue weighted by Gasteiger charge is -2.32. The van der Waals surface area contributed by atoms with Gasteiger partial charge < -0.3 is 19.7 Å². The van der Waals surface area contributed by atoms with Gasteiger partial charge in [0, 0.05) is 40.3 Å². The molecule has 35 heavy (non-hydrogen) atoms. The molecule has 0 aromatic heterocycles. The number of hydrogen-bond acceptors (Lipinski definition) is 6. The predicted octanol–water partition coefficient (Wildman–Crippen LogP) is 1.68. The van der Waals surface area contributed by atoms with Crippen molar-refractivity contribution in [3.63, 3.8) is 0 Å². The standard InChI is InChI=1S/C25H35N3O6S/c1-27(35(4,31)32)19-24(29)28(18-21-11-13-22(34-3)14-12-21)23(17-20-9-6-5-7-10-20)25(30)26-15-8-16-33-2/h5-7,9-14,23H,8,15-19H2,1-4H3,(H,26,30)/t23-/m0/s1. The Morgan fingerprint density at radius 3 is 2.23 bits per heavy atom. The quantitative estimate of drug-likeness (QED) is 0.392. The molecule has 9 nitrogen and oxygen atoms in total. The Morgan fingerprint density at radius 1 is 1.00 bits per heavy atom. The molecule has 2 aromatic carbocycles. The molecule has 0 saturated heterocycles. The Kier molecular flexibility index (Phi) is 11.2. The minimum atomic E-state index is -3.58. The van der Waals surface area contributed by atoms with E-state index in [1.54, 1.807) is 26.4 Å². The monoisotopic (exact) mass is 505 g/mol. The highest BCUT2D eigenvalue weighted by atomic mass is 32.2. The third-order valence-electron chi connectivity index (χ3n) is 5.53. The number of methoxy groups -OCH3 is 2. The molecule has 192 valence electrons. The lowest BCUT2D eigenvalue weighted by atomic mass is 10.0. The largest absolute Gasteiger partial charge is 0.497 e. The average molecular weight is 506 g/mol. The molecule has 10 heteroatoms. The van der Waals surface area contributed by atoms with E-state index in [2.05, 4.69) is 5.32 Å². The van der Waals surface area contributed by atoms with E-state index in [1.165, 1.54) is 11.9 Å². The normalized spacial score (nSPS) is 12.3. The summed E-state index contributed by atoms with van der Waals surface area (Å²) in [6.07, 6.45) is 1.95. The van der Waals surface area contributed by atoms with Crippen LogP contribution in [0.4, 0.5) is 0 Å². The van der Waals surface area contributed by atoms with Crippen molar-refractivity contribution in [2.75, 3.05) is 47.2 Å². The first-order valence-electron chi connectivity index (χ1n) is 11.3. The molecule has 2 rings (SSSR count). The van der Waals surface area contributed by atoms with Crippen LogP contribution in [-0.2, 0) is 37.3 Å². The first-order valence-corrected chi connectivity index (χ1v) is 13.1. The van der Waals surface area contributed by atoms with Crippen LogP contribution >= 0.6 is 0 Å². The Morgan fingerprint density at radius 2 is 1.66 bits per heavy atom. The van der Waals surface area contributed by atoms with E-state index >= 15 is 0 Å². The molecule has 0 radical (unpaired) electrons. The number of carbonyl (C=O) groups is 2. The third kappa shape index (κ3) is 9.31. The number of hydrogen-bond donors (Lipinski definition) is 1. The Bertz CT molecular complexity index is 1040. The molecule has 1 atom stereocenters. The van der Waals surface area contributed by atoms with Crippen LogP contribution in [0.3, 0.4) is 0 Å². The fourth-order valence-electron chi connectivity index (χ4n) is 3.43. The molecular weight excluding hydrogens is 470 g/mol. The van der Waals surface area contributed by atoms with Crippen LogP contribution in [0.1, 0.15) is 17.5 Å². The fraction of sp³-hybridized carbons (Fsp3) is 0.440. The molecule has 2 aromatic rings. The second-order valence-corrected chi connectivity index (χ2v) is 10.3. The van der Waals surface area contributed by atoms with Crippen LogP contribution in [-0.4, -0.2) is 82.7 Å². The van der Waals surface area contributed by atoms with Gasteiger partial charge in [-0.2, -0.15) is 4.31 Å². The van der Waals surface area contributed by atoms with Crippen molar-refractivity contribution in [3.8, 4) is 5.75 Å². The van der Waals surface area contributed by atoms with Gasteiger partial charge >= 0.3 is 0 Å². The van der Waals surface area contributed by atoms with Gasteiger partial charge in [0.2, 0.25) is 21.8 Å². The maximum Gasteiger partial charge on any atom is 0.243 e. The Hall–Kier alpha value is -2.95. The van der Waals surface area contributed by atoms with E-state index in [0.717, 1.165) is 21.7 Å². The number of rotatable bonds is 14. The molecule has 0 saturated carbocycles. The SMILES string of the molecule is COCCCNC(=O)[C@H](Cc1ccccc1)N(Cc1ccc(OC)cc1)C(=O)CN(C)S(C)(=O)=O. The summed E-state index contributed by atoms with van der Waals surface area (Å²) in [5.74, 6) is -0.115. The van der Waals surface area contributed by atoms with Gasteiger partial charge in [0.15, 0.2) is 0 Å². The summed E-state index contributed by atoms with van der Waals surface area (Å²) in [5, 5.41) is 2.90. The summed E-state index contributed by atoms with van der Waals surface area (Å²) in [5.41, 5.74) is 1.67. The van der Waals surface area contributed by atoms with Gasteiger partial charge in [0.1, 0.15) is 11.8 Å². The number of amides is 2. The molecular formula is C25H35N3O6S. The van der Waals surface area contributed by atoms with E-state index in [0.29, 0.717) is 25.3 Å². The minimum absolute atomic E-state index is 0.128. The van der Waals surface area contributed by atoms with Crippen molar-refractivity contribution in [1.29, 1.82) is 0 Å². The molecule has 0 unspecified atom stereocenters. The highest BCUT2D eigenvalue weighted by Gasteiger charge is 2.31. The van der Waals surface area contributed by atoms with Crippen molar-refractivity contribution < 1.29 is 27.5 Å². The molecule has 0 aliphatic carbocycles. The summed E-state index contributed by atoms with van der Waals surface area (Å²) < 4.78 is 35.2. The van der Waals surface area contributed by atoms with Crippen LogP contribution in [0.5, 0.6) is 5.75 Å². The summed E-state index contributed by atoms with van der Waals surface area (Å²) in [6.45, 7) is 0.643. The van der Waals surface area contributed by atoms with Crippen LogP contribution in [0.15, 0.2) is 54.6 Å². The second kappa shape index (κ2) is 13.8. The zero-order chi connectivity index (χ0) is 25.8. The van der Waals surface area contributed by atoms with E-state index in [4.69, 9.17) is 9.47 Å². The first-order chi connectivity index (χ1) is 16.7. The van der Waals surface area contributed by atoms with E-state index in [-0.39, 0.29) is 25.4 Å². The van der Waals surface area contributed by atoms with Gasteiger partial charge in [-0.15, -0.1) is 0 Å². The lowest BCUT2D eigenvalue weighted by Crippen LogP contribution is -2.53. The van der Waals surface area contributed by atoms with Crippen molar-refractivity contribution in [1.82, 2.24) is 14.5 Å². The lowest BCUT2D eigenvalue weighted by molar-refractivity contribution is -0.141. The number of benzene rings is 2. The van der Waals surface area contributed by atoms with Gasteiger partial charge in [-0.05, 0) is 29.7 Å². The summed E-state index contributed by atoms with van der Waals surface area (Å²) in [7, 11) is 0.915. The molecule has 0 heterocycles. The summed E-state index contributed by atoms with van der Waals surface area (Å²) >= 11 is 0. The van der Waals surface area contributed by atoms with Gasteiger partial charge in [-0.25, -0.2) is 8.42 Å². The topological polar surface area (TPSA) is 105 Å². The Balaban J connectivity index is 2.39. The van der Waals surface area contributed by atoms with E-state index in [9.17, 15) is 18.0 Å². The number of nitrogens with one attached hydrogen (secondary N) is 1. The number of carbonyl (C=O) groups excluding carboxylic acids is 2. The van der Waals surface area contributed by atoms with Gasteiger partial charge in [0.25, 0.3) is 0 Å².